The van der Waals surface area contributed by atoms with Crippen LogP contribution in [0.4, 0.5) is 0 Å². The van der Waals surface area contributed by atoms with Gasteiger partial charge in [0.2, 0.25) is 0 Å². The number of hydrogen-bond acceptors (Lipinski definition) is 26. The normalized spacial score (nSPS) is 42.5. The van der Waals surface area contributed by atoms with Crippen LogP contribution in [0.1, 0.15) is 13.8 Å². The monoisotopic (exact) mass is 4550 g/mol. The Kier molecular flexibility index (Phi) is 101. The quantitative estimate of drug-likeness (QED) is 0.0768. The van der Waals surface area contributed by atoms with Crippen LogP contribution in [0.15, 0.2) is 12.3 Å². The summed E-state index contributed by atoms with van der Waals surface area (Å²) < 4.78 is 63.5. The minimum Gasteiger partial charge on any atom is -0.668 e. The molecule has 0 aromatic carbocycles. The molecule has 79 heavy (non-hydrogen) atoms. The van der Waals surface area contributed by atoms with Crippen molar-refractivity contribution in [2.75, 3.05) is 26.4 Å². The van der Waals surface area contributed by atoms with Crippen molar-refractivity contribution in [1.82, 2.24) is 0 Å². The zero-order chi connectivity index (χ0) is 46.2. The molecule has 16 radical (unpaired) electrons. The third kappa shape index (κ3) is 35.4. The Balaban J connectivity index is -0.000000321. The zero-order valence-corrected chi connectivity index (χ0v) is 119. The second-order valence-electron chi connectivity index (χ2n) is 16.2. The molecular formula is C36H60Ac16NO26-. The molecule has 5 saturated heterocycles. The van der Waals surface area contributed by atoms with Crippen LogP contribution in [-0.2, 0) is 52.1 Å². The molecule has 414 valence electrons. The summed E-state index contributed by atoms with van der Waals surface area (Å²) in [6.07, 6.45) is -44.4. The summed E-state index contributed by atoms with van der Waals surface area (Å²) in [6.45, 7) is -0.828. The van der Waals surface area contributed by atoms with E-state index in [1.165, 1.54) is 19.9 Å². The second-order valence-corrected chi connectivity index (χ2v) is 16.2. The van der Waals surface area contributed by atoms with Gasteiger partial charge in [-0.05, 0) is 19.9 Å². The van der Waals surface area contributed by atoms with Crippen LogP contribution in [0.25, 0.3) is 5.73 Å². The third-order valence-electron chi connectivity index (χ3n) is 12.0. The van der Waals surface area contributed by atoms with Crippen molar-refractivity contribution in [3.8, 4) is 0 Å². The largest absolute Gasteiger partial charge is 0.668 e. The summed E-state index contributed by atoms with van der Waals surface area (Å²) in [5.74, 6) is 0. The molecule has 28 atom stereocenters. The van der Waals surface area contributed by atoms with Crippen molar-refractivity contribution in [1.29, 1.82) is 0 Å². The molecule has 0 aromatic rings. The fourth-order valence-corrected chi connectivity index (χ4v) is 8.11. The standard InChI is InChI=1S/C36H60NO26.16Ac/c1-9-17(43)21(47)24(50)33(54-9)60-28-15(8-41)58-32(62-30-20(46)13(6-39)56-35(26(30)52)59-27-11(42)3-4-53-14(27)7-40)16(37)29(28)61-36-31(23(49)19(45)12(5-38)57-36)63-34-25(51)22(48)18(44)10(2)55-34;;;;;;;;;;;;;;;;/h3-4,9-52H,5-8H2,1-2H3;;;;;;;;;;;;;;;;/q-1;;;;;;;;;;;;;;;;/t9?,10?,11?,12?,13?,14?,15?,16?,17-,18+,19+,20+,21?,22?,23?,24?,25?,26?,27-,28+,29?,30?,31?,32+,33?,34+,35+,36+;;;;;;;;;;;;;;;;/m1................/s1. The maximum atomic E-state index is 11.5. The predicted octanol–water partition coefficient (Wildman–Crippen LogP) is -9.15. The topological polar surface area (TPSA) is 429 Å². The molecule has 0 saturated carbocycles. The van der Waals surface area contributed by atoms with E-state index >= 15 is 0 Å². The van der Waals surface area contributed by atoms with Gasteiger partial charge in [-0.2, -0.15) is 0 Å². The van der Waals surface area contributed by atoms with Crippen molar-refractivity contribution in [3.63, 3.8) is 0 Å². The van der Waals surface area contributed by atoms with E-state index in [9.17, 15) is 82.3 Å². The maximum Gasteiger partial charge on any atom is 0.187 e. The van der Waals surface area contributed by atoms with E-state index in [2.05, 4.69) is 0 Å². The van der Waals surface area contributed by atoms with Gasteiger partial charge in [0.25, 0.3) is 0 Å². The fraction of sp³-hybridized carbons (Fsp3) is 0.944. The van der Waals surface area contributed by atoms with E-state index < -0.39 is 198 Å². The molecular weight excluding hydrogens is 4490 g/mol. The van der Waals surface area contributed by atoms with Crippen molar-refractivity contribution in [2.45, 2.75) is 186 Å². The third-order valence-corrected chi connectivity index (χ3v) is 12.0. The van der Waals surface area contributed by atoms with Crippen molar-refractivity contribution >= 4 is 0 Å². The zero-order valence-electron chi connectivity index (χ0n) is 43.1. The Hall–Kier alpha value is 21.6. The Morgan fingerprint density at radius 1 is 0.329 bits per heavy atom. The number of hydrogen-bond donors (Lipinski definition) is 15. The van der Waals surface area contributed by atoms with Crippen LogP contribution in [0.2, 0.25) is 0 Å². The van der Waals surface area contributed by atoms with Crippen LogP contribution in [0.5, 0.6) is 0 Å². The molecule has 18 unspecified atom stereocenters. The smallest absolute Gasteiger partial charge is 0.187 e. The SMILES string of the molecule is CC1OC(O[C@H]2C(CO)O[C@@H](OC3C(O)[C@H](O[C@@H]4C(O)C=COC4CO)OC(CO)[C@@H]3O)C([NH-])C2O[C@@H]2OC(CO)[C@H](O)C(O)C2O[C@@H]2OC(C)[C@H](O)C(O)C2O)C(O)C(O)[C@@H]1O.[Ac].[Ac].[Ac].[Ac].[Ac].[Ac].[Ac].[Ac].[Ac].[Ac].[Ac].[Ac].[Ac].[Ac].[Ac].[Ac]. The second kappa shape index (κ2) is 64.4. The van der Waals surface area contributed by atoms with Gasteiger partial charge >= 0.3 is 0 Å². The number of ether oxygens (including phenoxy) is 11. The molecule has 6 aliphatic heterocycles. The Morgan fingerprint density at radius 2 is 0.684 bits per heavy atom. The number of nitrogens with one attached hydrogen (secondary N) is 1. The van der Waals surface area contributed by atoms with E-state index in [0.717, 1.165) is 6.26 Å². The molecule has 43 heteroatoms. The number of aliphatic hydroxyl groups is 15. The molecule has 0 aromatic heterocycles. The first-order chi connectivity index (χ1) is 29.9. The molecule has 6 heterocycles. The first kappa shape index (κ1) is 124. The van der Waals surface area contributed by atoms with Gasteiger partial charge in [-0.25, -0.2) is 0 Å². The van der Waals surface area contributed by atoms with Gasteiger partial charge in [0.05, 0.1) is 51.0 Å². The van der Waals surface area contributed by atoms with Gasteiger partial charge in [-0.3, -0.25) is 0 Å². The van der Waals surface area contributed by atoms with Crippen LogP contribution in [-0.4, -0.2) is 275 Å². The molecule has 16 N–H and O–H groups in total. The Bertz CT molecular complexity index is 1520. The Morgan fingerprint density at radius 3 is 1.13 bits per heavy atom. The van der Waals surface area contributed by atoms with Crippen LogP contribution >= 0.6 is 0 Å². The van der Waals surface area contributed by atoms with E-state index in [1.807, 2.05) is 0 Å². The molecule has 6 aliphatic rings. The molecule has 27 nitrogen and oxygen atoms in total. The van der Waals surface area contributed by atoms with Crippen LogP contribution < -0.4 is 0 Å². The average molecular weight is 4550 g/mol. The minimum atomic E-state index is -2.05. The number of rotatable bonds is 14. The van der Waals surface area contributed by atoms with Crippen molar-refractivity contribution in [3.05, 3.63) is 18.1 Å². The first-order valence-electron chi connectivity index (χ1n) is 20.4. The van der Waals surface area contributed by atoms with Crippen molar-refractivity contribution < 1.29 is 834 Å². The van der Waals surface area contributed by atoms with Gasteiger partial charge in [-0.15, -0.1) is 0 Å². The summed E-state index contributed by atoms with van der Waals surface area (Å²) in [7, 11) is 0. The summed E-state index contributed by atoms with van der Waals surface area (Å²) in [6, 6.07) is -1.99. The van der Waals surface area contributed by atoms with Gasteiger partial charge in [0, 0.05) is 705 Å². The predicted molar refractivity (Wildman–Crippen MR) is 196 cm³/mol. The molecule has 5 fully saturated rings. The van der Waals surface area contributed by atoms with E-state index in [0.29, 0.717) is 0 Å². The minimum absolute atomic E-state index is 0. The first-order valence-corrected chi connectivity index (χ1v) is 20.4. The molecule has 0 aliphatic carbocycles. The molecule has 0 spiro atoms. The van der Waals surface area contributed by atoms with Gasteiger partial charge in [-0.1, -0.05) is 6.04 Å². The van der Waals surface area contributed by atoms with E-state index in [-0.39, 0.29) is 705 Å². The van der Waals surface area contributed by atoms with Crippen LogP contribution in [0, 0.1) is 705 Å². The molecule has 6 rings (SSSR count). The maximum absolute atomic E-state index is 11.5. The van der Waals surface area contributed by atoms with Gasteiger partial charge < -0.3 is 134 Å². The van der Waals surface area contributed by atoms with Gasteiger partial charge in [0.15, 0.2) is 25.2 Å². The van der Waals surface area contributed by atoms with Crippen LogP contribution in [0.3, 0.4) is 0 Å². The summed E-state index contributed by atoms with van der Waals surface area (Å²) in [4.78, 5) is 0. The summed E-state index contributed by atoms with van der Waals surface area (Å²) in [5.41, 5.74) is 9.40. The number of aliphatic hydroxyl groups excluding tert-OH is 15. The van der Waals surface area contributed by atoms with Crippen molar-refractivity contribution in [2.24, 2.45) is 0 Å². The van der Waals surface area contributed by atoms with Gasteiger partial charge in [0.1, 0.15) is 122 Å². The molecule has 0 bridgehead atoms. The van der Waals surface area contributed by atoms with E-state index in [4.69, 9.17) is 52.1 Å². The summed E-state index contributed by atoms with van der Waals surface area (Å²) in [5, 5.41) is 159. The Labute approximate surface area is 1030 Å². The molecule has 0 amide bonds. The summed E-state index contributed by atoms with van der Waals surface area (Å²) >= 11 is 0. The van der Waals surface area contributed by atoms with E-state index in [1.54, 1.807) is 0 Å². The fourth-order valence-electron chi connectivity index (χ4n) is 8.11. The average Bonchev–Trinajstić information content (AvgIpc) is 3.27.